The molecule has 1 N–H and O–H groups in total. The maximum Gasteiger partial charge on any atom is 0.338 e. The van der Waals surface area contributed by atoms with Crippen molar-refractivity contribution in [2.45, 2.75) is 139 Å². The van der Waals surface area contributed by atoms with Gasteiger partial charge in [-0.1, -0.05) is 72.8 Å². The number of ether oxygens (including phenoxy) is 15. The largest absolute Gasteiger partial charge is 0.463 e. The fourth-order valence-corrected chi connectivity index (χ4v) is 9.37. The van der Waals surface area contributed by atoms with E-state index in [4.69, 9.17) is 71.1 Å². The predicted octanol–water partition coefficient (Wildman–Crippen LogP) is 3.97. The fourth-order valence-electron chi connectivity index (χ4n) is 9.37. The van der Waals surface area contributed by atoms with Gasteiger partial charge in [-0.05, 0) is 62.4 Å². The van der Waals surface area contributed by atoms with Crippen LogP contribution < -0.4 is 0 Å². The monoisotopic (exact) mass is 1130 g/mol. The molecule has 0 radical (unpaired) electrons. The molecular formula is C57H60O24. The van der Waals surface area contributed by atoms with Gasteiger partial charge in [-0.25, -0.2) is 19.2 Å². The molecule has 4 aromatic carbocycles. The molecule has 0 aromatic heterocycles. The van der Waals surface area contributed by atoms with Crippen molar-refractivity contribution in [2.75, 3.05) is 19.8 Å². The second kappa shape index (κ2) is 26.7. The van der Waals surface area contributed by atoms with E-state index >= 15 is 0 Å². The van der Waals surface area contributed by atoms with Crippen LogP contribution in [-0.4, -0.2) is 171 Å². The van der Waals surface area contributed by atoms with E-state index in [1.54, 1.807) is 86.6 Å². The number of carbonyl (C=O) groups excluding carboxylic acids is 8. The Balaban J connectivity index is 1.18. The summed E-state index contributed by atoms with van der Waals surface area (Å²) < 4.78 is 90.7. The summed E-state index contributed by atoms with van der Waals surface area (Å²) >= 11 is 0. The molecular weight excluding hydrogens is 1070 g/mol. The number of aliphatic hydroxyl groups is 1. The lowest BCUT2D eigenvalue weighted by molar-refractivity contribution is -0.330. The average Bonchev–Trinajstić information content (AvgIpc) is 4.20. The van der Waals surface area contributed by atoms with Gasteiger partial charge in [0, 0.05) is 27.7 Å². The number of benzene rings is 4. The Hall–Kier alpha value is -7.68. The van der Waals surface area contributed by atoms with E-state index < -0.39 is 165 Å². The van der Waals surface area contributed by atoms with Crippen LogP contribution in [0.15, 0.2) is 121 Å². The third-order valence-electron chi connectivity index (χ3n) is 12.8. The summed E-state index contributed by atoms with van der Waals surface area (Å²) in [6.45, 7) is 5.37. The highest BCUT2D eigenvalue weighted by molar-refractivity contribution is 5.91. The zero-order chi connectivity index (χ0) is 58.0. The average molecular weight is 1130 g/mol. The van der Waals surface area contributed by atoms with Crippen molar-refractivity contribution in [2.24, 2.45) is 0 Å². The van der Waals surface area contributed by atoms with Gasteiger partial charge < -0.3 is 76.2 Å². The van der Waals surface area contributed by atoms with Gasteiger partial charge >= 0.3 is 47.8 Å². The number of aliphatic hydroxyl groups excluding tert-OH is 1. The Morgan fingerprint density at radius 1 is 0.481 bits per heavy atom. The van der Waals surface area contributed by atoms with E-state index in [1.165, 1.54) is 48.5 Å². The van der Waals surface area contributed by atoms with Crippen LogP contribution in [-0.2, 0) is 90.2 Å². The molecule has 0 bridgehead atoms. The van der Waals surface area contributed by atoms with Crippen LogP contribution in [0.4, 0.5) is 0 Å². The molecule has 0 unspecified atom stereocenters. The molecule has 0 saturated carbocycles. The first kappa shape index (κ1) is 59.4. The summed E-state index contributed by atoms with van der Waals surface area (Å²) in [7, 11) is 0. The number of hydrogen-bond acceptors (Lipinski definition) is 24. The van der Waals surface area contributed by atoms with Crippen LogP contribution in [0.25, 0.3) is 0 Å². The summed E-state index contributed by atoms with van der Waals surface area (Å²) in [5, 5.41) is 11.7. The molecule has 0 spiro atoms. The van der Waals surface area contributed by atoms with Crippen molar-refractivity contribution < 1.29 is 115 Å². The van der Waals surface area contributed by atoms with Crippen molar-refractivity contribution in [3.05, 3.63) is 144 Å². The third kappa shape index (κ3) is 15.2. The second-order valence-corrected chi connectivity index (χ2v) is 19.4. The van der Waals surface area contributed by atoms with E-state index in [2.05, 4.69) is 0 Å². The normalized spacial score (nSPS) is 28.6. The number of esters is 8. The molecule has 15 atom stereocenters. The fraction of sp³-hybridized carbons (Fsp3) is 0.439. The first-order valence-corrected chi connectivity index (χ1v) is 25.7. The Kier molecular flexibility index (Phi) is 19.6. The zero-order valence-corrected chi connectivity index (χ0v) is 44.7. The zero-order valence-electron chi connectivity index (χ0n) is 44.7. The number of fused-ring (bicyclic) bond motifs is 1. The van der Waals surface area contributed by atoms with Crippen LogP contribution in [0.2, 0.25) is 0 Å². The Labute approximate surface area is 463 Å². The molecule has 4 saturated heterocycles. The van der Waals surface area contributed by atoms with Crippen molar-refractivity contribution in [3.63, 3.8) is 0 Å². The molecule has 4 heterocycles. The van der Waals surface area contributed by atoms with Crippen LogP contribution >= 0.6 is 0 Å². The number of hydrogen-bond donors (Lipinski definition) is 1. The summed E-state index contributed by atoms with van der Waals surface area (Å²) in [5.74, 6) is -8.52. The number of rotatable bonds is 20. The van der Waals surface area contributed by atoms with Gasteiger partial charge in [0.05, 0.1) is 28.9 Å². The summed E-state index contributed by atoms with van der Waals surface area (Å²) in [6, 6.07) is 31.0. The third-order valence-corrected chi connectivity index (χ3v) is 12.8. The maximum absolute atomic E-state index is 14.3. The minimum atomic E-state index is -1.89. The molecule has 432 valence electrons. The van der Waals surface area contributed by atoms with E-state index in [-0.39, 0.29) is 22.3 Å². The van der Waals surface area contributed by atoms with Crippen molar-refractivity contribution in [1.29, 1.82) is 0 Å². The molecule has 81 heavy (non-hydrogen) atoms. The van der Waals surface area contributed by atoms with Gasteiger partial charge in [0.1, 0.15) is 49.8 Å². The Morgan fingerprint density at radius 2 is 0.938 bits per heavy atom. The Morgan fingerprint density at radius 3 is 1.44 bits per heavy atom. The molecule has 4 aliphatic rings. The highest BCUT2D eigenvalue weighted by atomic mass is 16.9. The second-order valence-electron chi connectivity index (χ2n) is 19.4. The molecule has 0 amide bonds. The summed E-state index contributed by atoms with van der Waals surface area (Å²) in [4.78, 5) is 106. The lowest BCUT2D eigenvalue weighted by Crippen LogP contribution is -2.64. The summed E-state index contributed by atoms with van der Waals surface area (Å²) in [5.41, 5.74) is 0.231. The van der Waals surface area contributed by atoms with E-state index in [0.717, 1.165) is 27.7 Å². The number of carbonyl (C=O) groups is 8. The molecule has 24 nitrogen and oxygen atoms in total. The van der Waals surface area contributed by atoms with E-state index in [9.17, 15) is 43.5 Å². The van der Waals surface area contributed by atoms with Crippen LogP contribution in [0.3, 0.4) is 0 Å². The maximum atomic E-state index is 14.3. The Bertz CT molecular complexity index is 2830. The lowest BCUT2D eigenvalue weighted by Gasteiger charge is -2.45. The van der Waals surface area contributed by atoms with Gasteiger partial charge in [0.2, 0.25) is 0 Å². The lowest BCUT2D eigenvalue weighted by atomic mass is 9.97. The minimum absolute atomic E-state index is 0.0177. The van der Waals surface area contributed by atoms with Gasteiger partial charge in [-0.3, -0.25) is 19.2 Å². The standard InChI is InChI=1S/C57H60O24/c1-30(58)67-27-38-42(71-32(3)60)41(62)45(72-33(4)61)55(74-38)79-47-44(78-56-49(47)80-57(5,6)81-56)39(70-31(2)59)29-69-54-48(77-53(66)37-25-17-10-18-26-37)46(76-52(65)36-23-15-9-16-24-36)43(75-51(64)35-21-13-8-14-22-35)40(73-54)28-68-50(63)34-19-11-7-12-20-34/h7-26,38-49,54-56,62H,27-29H2,1-6H3/t38-,39-,40-,41+,42-,43-,44-,45-,46+,47+,48-,49-,54-,55+,56-/m1/s1. The first-order valence-electron chi connectivity index (χ1n) is 25.7. The molecule has 4 aromatic rings. The molecule has 4 fully saturated rings. The smallest absolute Gasteiger partial charge is 0.338 e. The van der Waals surface area contributed by atoms with Gasteiger partial charge in [0.15, 0.2) is 61.3 Å². The highest BCUT2D eigenvalue weighted by Gasteiger charge is 2.61. The minimum Gasteiger partial charge on any atom is -0.463 e. The molecule has 0 aliphatic carbocycles. The van der Waals surface area contributed by atoms with Crippen LogP contribution in [0.1, 0.15) is 83.0 Å². The van der Waals surface area contributed by atoms with Crippen LogP contribution in [0.5, 0.6) is 0 Å². The van der Waals surface area contributed by atoms with Crippen molar-refractivity contribution >= 4 is 47.8 Å². The molecule has 4 aliphatic heterocycles. The predicted molar refractivity (Wildman–Crippen MR) is 270 cm³/mol. The van der Waals surface area contributed by atoms with Gasteiger partial charge in [0.25, 0.3) is 0 Å². The van der Waals surface area contributed by atoms with E-state index in [1.807, 2.05) is 0 Å². The van der Waals surface area contributed by atoms with Crippen molar-refractivity contribution in [1.82, 2.24) is 0 Å². The highest BCUT2D eigenvalue weighted by Crippen LogP contribution is 2.43. The quantitative estimate of drug-likeness (QED) is 0.0967. The first-order chi connectivity index (χ1) is 38.7. The van der Waals surface area contributed by atoms with Gasteiger partial charge in [-0.2, -0.15) is 0 Å². The van der Waals surface area contributed by atoms with Crippen LogP contribution in [0, 0.1) is 0 Å². The SMILES string of the molecule is CC(=O)OC[C@H]1O[C@@H](O[C@@H]2[C@H]3OC(C)(C)O[C@H]3O[C@@H]2[C@@H](CO[C@@H]2O[C@H](COC(=O)c3ccccc3)[C@@H](OC(=O)c3ccccc3)[C@H](OC(=O)c3ccccc3)[C@H]2OC(=O)c2ccccc2)OC(C)=O)[C@H](OC(C)=O)[C@@H](O)[C@@H]1OC(C)=O. The van der Waals surface area contributed by atoms with Crippen molar-refractivity contribution in [3.8, 4) is 0 Å². The topological polar surface area (TPSA) is 295 Å². The van der Waals surface area contributed by atoms with E-state index in [0.29, 0.717) is 0 Å². The van der Waals surface area contributed by atoms with Gasteiger partial charge in [-0.15, -0.1) is 0 Å². The summed E-state index contributed by atoms with van der Waals surface area (Å²) in [6.07, 6.45) is -24.4. The molecule has 8 rings (SSSR count). The molecule has 24 heteroatoms.